The Hall–Kier alpha value is -1.27. The number of alkyl halides is 1. The van der Waals surface area contributed by atoms with E-state index >= 15 is 0 Å². The molecule has 7 heteroatoms. The first-order chi connectivity index (χ1) is 10.2. The number of nitrogens with zero attached hydrogens (tertiary/aromatic N) is 3. The van der Waals surface area contributed by atoms with Gasteiger partial charge in [-0.3, -0.25) is 14.5 Å². The first-order valence-corrected chi connectivity index (χ1v) is 8.47. The number of carbonyl (C=O) groups excluding carboxylic acids is 1. The van der Waals surface area contributed by atoms with Gasteiger partial charge in [-0.15, -0.1) is 11.6 Å². The number of carbonyl (C=O) groups is 1. The Bertz CT molecular complexity index is 590. The van der Waals surface area contributed by atoms with Gasteiger partial charge >= 0.3 is 0 Å². The molecule has 0 unspecified atom stereocenters. The first-order valence-electron chi connectivity index (χ1n) is 7.12. The second-order valence-corrected chi connectivity index (χ2v) is 6.57. The molecule has 0 radical (unpaired) electrons. The molecular formula is C14H17ClN4OS. The van der Waals surface area contributed by atoms with Crippen molar-refractivity contribution in [2.75, 3.05) is 5.88 Å². The predicted octanol–water partition coefficient (Wildman–Crippen LogP) is 2.62. The maximum Gasteiger partial charge on any atom is 0.264 e. The molecule has 1 saturated carbocycles. The van der Waals surface area contributed by atoms with Crippen LogP contribution in [0.15, 0.2) is 22.3 Å². The molecule has 1 aromatic heterocycles. The van der Waals surface area contributed by atoms with Crippen molar-refractivity contribution in [1.82, 2.24) is 15.1 Å². The Labute approximate surface area is 132 Å². The van der Waals surface area contributed by atoms with Crippen LogP contribution in [0.2, 0.25) is 0 Å². The van der Waals surface area contributed by atoms with Gasteiger partial charge in [0.25, 0.3) is 5.91 Å². The maximum atomic E-state index is 12.0. The third kappa shape index (κ3) is 3.68. The average molecular weight is 325 g/mol. The van der Waals surface area contributed by atoms with Crippen LogP contribution in [0.5, 0.6) is 0 Å². The van der Waals surface area contributed by atoms with E-state index in [0.29, 0.717) is 23.4 Å². The summed E-state index contributed by atoms with van der Waals surface area (Å²) in [5, 5.41) is 7.76. The molecule has 0 aromatic carbocycles. The fourth-order valence-corrected chi connectivity index (χ4v) is 3.57. The standard InChI is InChI=1S/C14H17ClN4OS/c15-5-6-19-9-10(8-16-19)7-12-13(20)18-14(21-12)17-11-3-1-2-4-11/h7-9,11H,1-6H2,(H,17,18,20). The molecule has 1 saturated heterocycles. The van der Waals surface area contributed by atoms with E-state index in [1.54, 1.807) is 10.9 Å². The molecule has 112 valence electrons. The van der Waals surface area contributed by atoms with Gasteiger partial charge in [0, 0.05) is 17.6 Å². The number of halogens is 1. The molecular weight excluding hydrogens is 308 g/mol. The van der Waals surface area contributed by atoms with Crippen LogP contribution in [0.3, 0.4) is 0 Å². The van der Waals surface area contributed by atoms with Crippen LogP contribution in [0, 0.1) is 0 Å². The molecule has 0 bridgehead atoms. The average Bonchev–Trinajstić information content (AvgIpc) is 3.16. The number of nitrogens with one attached hydrogen (secondary N) is 1. The number of amides is 1. The van der Waals surface area contributed by atoms with E-state index < -0.39 is 0 Å². The molecule has 1 aromatic rings. The Kier molecular flexibility index (Phi) is 4.65. The molecule has 2 heterocycles. The van der Waals surface area contributed by atoms with Crippen molar-refractivity contribution in [2.45, 2.75) is 38.3 Å². The predicted molar refractivity (Wildman–Crippen MR) is 86.3 cm³/mol. The van der Waals surface area contributed by atoms with Crippen molar-refractivity contribution in [3.63, 3.8) is 0 Å². The van der Waals surface area contributed by atoms with Crippen molar-refractivity contribution in [3.8, 4) is 0 Å². The molecule has 2 fully saturated rings. The molecule has 1 aliphatic carbocycles. The van der Waals surface area contributed by atoms with Crippen LogP contribution in [0.1, 0.15) is 31.2 Å². The lowest BCUT2D eigenvalue weighted by atomic mass is 10.3. The maximum absolute atomic E-state index is 12.0. The van der Waals surface area contributed by atoms with Gasteiger partial charge in [0.2, 0.25) is 0 Å². The van der Waals surface area contributed by atoms with E-state index in [2.05, 4.69) is 15.4 Å². The number of aliphatic imine (C=N–C) groups is 1. The van der Waals surface area contributed by atoms with Crippen LogP contribution < -0.4 is 5.32 Å². The van der Waals surface area contributed by atoms with E-state index in [0.717, 1.165) is 23.6 Å². The van der Waals surface area contributed by atoms with Gasteiger partial charge in [-0.25, -0.2) is 0 Å². The summed E-state index contributed by atoms with van der Waals surface area (Å²) in [5.41, 5.74) is 0.903. The zero-order chi connectivity index (χ0) is 14.7. The summed E-state index contributed by atoms with van der Waals surface area (Å²) in [5.74, 6) is 0.437. The molecule has 5 nitrogen and oxygen atoms in total. The largest absolute Gasteiger partial charge is 0.301 e. The highest BCUT2D eigenvalue weighted by molar-refractivity contribution is 8.18. The molecule has 1 amide bonds. The van der Waals surface area contributed by atoms with Gasteiger partial charge in [-0.05, 0) is 30.7 Å². The minimum atomic E-state index is -0.0816. The number of hydrogen-bond donors (Lipinski definition) is 1. The normalized spacial score (nSPS) is 23.4. The summed E-state index contributed by atoms with van der Waals surface area (Å²) >= 11 is 7.09. The van der Waals surface area contributed by atoms with Crippen molar-refractivity contribution >= 4 is 40.5 Å². The topological polar surface area (TPSA) is 59.3 Å². The molecule has 0 atom stereocenters. The highest BCUT2D eigenvalue weighted by Gasteiger charge is 2.25. The number of aryl methyl sites for hydroxylation is 1. The smallest absolute Gasteiger partial charge is 0.264 e. The molecule has 2 aliphatic rings. The van der Waals surface area contributed by atoms with Crippen LogP contribution in [0.4, 0.5) is 0 Å². The van der Waals surface area contributed by atoms with E-state index in [9.17, 15) is 4.79 Å². The quantitative estimate of drug-likeness (QED) is 0.684. The highest BCUT2D eigenvalue weighted by atomic mass is 35.5. The fourth-order valence-electron chi connectivity index (χ4n) is 2.50. The van der Waals surface area contributed by atoms with E-state index in [-0.39, 0.29) is 5.91 Å². The van der Waals surface area contributed by atoms with E-state index in [1.807, 2.05) is 12.3 Å². The summed E-state index contributed by atoms with van der Waals surface area (Å²) < 4.78 is 1.77. The Balaban J connectivity index is 1.70. The van der Waals surface area contributed by atoms with Crippen molar-refractivity contribution < 1.29 is 4.79 Å². The zero-order valence-corrected chi connectivity index (χ0v) is 13.2. The van der Waals surface area contributed by atoms with Gasteiger partial charge in [-0.2, -0.15) is 5.10 Å². The zero-order valence-electron chi connectivity index (χ0n) is 11.6. The fraction of sp³-hybridized carbons (Fsp3) is 0.500. The summed E-state index contributed by atoms with van der Waals surface area (Å²) in [6.07, 6.45) is 10.2. The number of thioether (sulfide) groups is 1. The SMILES string of the molecule is O=C1NC(=NC2CCCC2)SC1=Cc1cnn(CCCl)c1. The third-order valence-electron chi connectivity index (χ3n) is 3.54. The third-order valence-corrected chi connectivity index (χ3v) is 4.63. The van der Waals surface area contributed by atoms with Gasteiger partial charge in [0.1, 0.15) is 0 Å². The van der Waals surface area contributed by atoms with E-state index in [4.69, 9.17) is 11.6 Å². The Morgan fingerprint density at radius 2 is 2.33 bits per heavy atom. The van der Waals surface area contributed by atoms with Crippen molar-refractivity contribution in [2.24, 2.45) is 4.99 Å². The number of rotatable bonds is 4. The van der Waals surface area contributed by atoms with Crippen molar-refractivity contribution in [1.29, 1.82) is 0 Å². The summed E-state index contributed by atoms with van der Waals surface area (Å²) in [4.78, 5) is 17.3. The number of aromatic nitrogens is 2. The summed E-state index contributed by atoms with van der Waals surface area (Å²) in [6, 6.07) is 0.374. The highest BCUT2D eigenvalue weighted by Crippen LogP contribution is 2.28. The Morgan fingerprint density at radius 3 is 3.10 bits per heavy atom. The van der Waals surface area contributed by atoms with E-state index in [1.165, 1.54) is 24.6 Å². The van der Waals surface area contributed by atoms with Crippen molar-refractivity contribution in [3.05, 3.63) is 22.9 Å². The Morgan fingerprint density at radius 1 is 1.52 bits per heavy atom. The monoisotopic (exact) mass is 324 g/mol. The minimum Gasteiger partial charge on any atom is -0.301 e. The molecule has 1 N–H and O–H groups in total. The lowest BCUT2D eigenvalue weighted by Crippen LogP contribution is -2.21. The number of hydrogen-bond acceptors (Lipinski definition) is 4. The molecule has 0 spiro atoms. The molecule has 21 heavy (non-hydrogen) atoms. The summed E-state index contributed by atoms with van der Waals surface area (Å²) in [6.45, 7) is 0.665. The lowest BCUT2D eigenvalue weighted by molar-refractivity contribution is -0.115. The second kappa shape index (κ2) is 6.66. The lowest BCUT2D eigenvalue weighted by Gasteiger charge is -2.02. The molecule has 3 rings (SSSR count). The van der Waals surface area contributed by atoms with Gasteiger partial charge in [0.05, 0.1) is 23.7 Å². The van der Waals surface area contributed by atoms with Gasteiger partial charge in [0.15, 0.2) is 5.17 Å². The van der Waals surface area contributed by atoms with Crippen LogP contribution >= 0.6 is 23.4 Å². The molecule has 1 aliphatic heterocycles. The van der Waals surface area contributed by atoms with Gasteiger partial charge in [-0.1, -0.05) is 12.8 Å². The first kappa shape index (κ1) is 14.7. The van der Waals surface area contributed by atoms with Gasteiger partial charge < -0.3 is 5.32 Å². The summed E-state index contributed by atoms with van der Waals surface area (Å²) in [7, 11) is 0. The number of amidine groups is 1. The second-order valence-electron chi connectivity index (χ2n) is 5.16. The van der Waals surface area contributed by atoms with Crippen LogP contribution in [-0.2, 0) is 11.3 Å². The van der Waals surface area contributed by atoms with Crippen LogP contribution in [0.25, 0.3) is 6.08 Å². The minimum absolute atomic E-state index is 0.0816. The van der Waals surface area contributed by atoms with Crippen LogP contribution in [-0.4, -0.2) is 32.8 Å².